The summed E-state index contributed by atoms with van der Waals surface area (Å²) < 4.78 is 0. The van der Waals surface area contributed by atoms with Crippen LogP contribution >= 0.6 is 0 Å². The Labute approximate surface area is 430 Å². The van der Waals surface area contributed by atoms with Gasteiger partial charge in [-0.1, -0.05) is 178 Å². The fraction of sp³-hybridized carbons (Fsp3) is 0.279. The molecule has 366 valence electrons. The summed E-state index contributed by atoms with van der Waals surface area (Å²) in [7, 11) is 0. The first kappa shape index (κ1) is 51.2. The predicted molar refractivity (Wildman–Crippen MR) is 307 cm³/mol. The minimum absolute atomic E-state index is 0.0193. The van der Waals surface area contributed by atoms with Gasteiger partial charge in [0.25, 0.3) is 0 Å². The molecule has 0 unspecified atom stereocenters. The Hall–Kier alpha value is -7.17. The summed E-state index contributed by atoms with van der Waals surface area (Å²) in [5, 5.41) is 10.7. The van der Waals surface area contributed by atoms with Crippen LogP contribution in [0.1, 0.15) is 129 Å². The average molecular weight is 949 g/mol. The number of ketones is 1. The van der Waals surface area contributed by atoms with E-state index < -0.39 is 5.41 Å². The molecule has 4 nitrogen and oxygen atoms in total. The molecule has 8 rings (SSSR count). The van der Waals surface area contributed by atoms with E-state index in [-0.39, 0.29) is 34.2 Å². The molecule has 0 atom stereocenters. The Morgan fingerprint density at radius 2 is 1.19 bits per heavy atom. The zero-order valence-corrected chi connectivity index (χ0v) is 44.7. The molecule has 7 aromatic rings. The van der Waals surface area contributed by atoms with Crippen molar-refractivity contribution < 1.29 is 9.90 Å². The molecule has 1 aliphatic carbocycles. The van der Waals surface area contributed by atoms with E-state index in [0.717, 1.165) is 95.7 Å². The molecule has 0 aliphatic heterocycles. The Balaban J connectivity index is 1.24. The highest BCUT2D eigenvalue weighted by atomic mass is 16.3. The van der Waals surface area contributed by atoms with E-state index in [9.17, 15) is 9.90 Å². The highest BCUT2D eigenvalue weighted by Crippen LogP contribution is 2.50. The van der Waals surface area contributed by atoms with Crippen molar-refractivity contribution >= 4 is 23.8 Å². The Kier molecular flexibility index (Phi) is 14.3. The summed E-state index contributed by atoms with van der Waals surface area (Å²) in [5.41, 5.74) is 21.0. The average Bonchev–Trinajstić information content (AvgIpc) is 3.55. The van der Waals surface area contributed by atoms with Crippen molar-refractivity contribution in [3.05, 3.63) is 209 Å². The maximum absolute atomic E-state index is 13.3. The molecular weight excluding hydrogens is 877 g/mol. The number of rotatable bonds is 13. The number of fused-ring (bicyclic) bond motifs is 1. The van der Waals surface area contributed by atoms with Crippen LogP contribution in [0.5, 0.6) is 0 Å². The third kappa shape index (κ3) is 11.0. The molecule has 0 radical (unpaired) electrons. The Morgan fingerprint density at radius 3 is 1.83 bits per heavy atom. The van der Waals surface area contributed by atoms with Gasteiger partial charge < -0.3 is 5.11 Å². The number of pyridine rings is 1. The number of aliphatic imine (C=N–C) groups is 1. The van der Waals surface area contributed by atoms with Crippen LogP contribution in [-0.2, 0) is 27.5 Å². The smallest absolute Gasteiger partial charge is 0.159 e. The molecule has 72 heavy (non-hydrogen) atoms. The van der Waals surface area contributed by atoms with Crippen molar-refractivity contribution in [1.82, 2.24) is 4.98 Å². The van der Waals surface area contributed by atoms with Gasteiger partial charge in [-0.2, -0.15) is 0 Å². The number of aliphatic hydroxyl groups excluding tert-OH is 1. The zero-order valence-electron chi connectivity index (χ0n) is 44.7. The monoisotopic (exact) mass is 949 g/mol. The van der Waals surface area contributed by atoms with Gasteiger partial charge >= 0.3 is 0 Å². The topological polar surface area (TPSA) is 62.5 Å². The molecule has 0 spiro atoms. The Bertz CT molecular complexity index is 3290. The first-order chi connectivity index (χ1) is 34.0. The van der Waals surface area contributed by atoms with Gasteiger partial charge in [0.1, 0.15) is 5.76 Å². The van der Waals surface area contributed by atoms with E-state index in [2.05, 4.69) is 220 Å². The maximum Gasteiger partial charge on any atom is 0.159 e. The summed E-state index contributed by atoms with van der Waals surface area (Å²) in [6, 6.07) is 52.6. The zero-order chi connectivity index (χ0) is 51.8. The number of benzene rings is 6. The minimum atomic E-state index is -0.502. The van der Waals surface area contributed by atoms with Gasteiger partial charge in [-0.3, -0.25) is 14.8 Å². The van der Waals surface area contributed by atoms with Gasteiger partial charge in [-0.05, 0) is 176 Å². The molecule has 1 heterocycles. The van der Waals surface area contributed by atoms with Crippen LogP contribution in [0.15, 0.2) is 180 Å². The van der Waals surface area contributed by atoms with Crippen LogP contribution in [0.4, 0.5) is 0 Å². The van der Waals surface area contributed by atoms with Crippen LogP contribution in [0, 0.1) is 5.41 Å². The van der Waals surface area contributed by atoms with Crippen molar-refractivity contribution in [3.8, 4) is 55.8 Å². The molecule has 4 heteroatoms. The van der Waals surface area contributed by atoms with Crippen molar-refractivity contribution in [3.63, 3.8) is 0 Å². The SMILES string of the molecule is C=N/C(=C\C(C)=C(/C)c1ccccc1-c1cc(-c2ccccc2CCC(=O)/C=C(\O)C(C)(C)C)cc(-c2ccccc2-c2ccc(-c3cc(C(C)(C)C)ccn3)cc2)c1)c1ccc2c(c1)C(C)(C)CC2(C)C. The van der Waals surface area contributed by atoms with Gasteiger partial charge in [0.2, 0.25) is 0 Å². The van der Waals surface area contributed by atoms with Crippen LogP contribution in [0.25, 0.3) is 67.0 Å². The quantitative estimate of drug-likeness (QED) is 0.0542. The molecule has 0 saturated carbocycles. The number of hydrogen-bond donors (Lipinski definition) is 1. The van der Waals surface area contributed by atoms with Crippen molar-refractivity contribution in [2.45, 2.75) is 119 Å². The molecular formula is C68H72N2O2. The lowest BCUT2D eigenvalue weighted by Crippen LogP contribution is -2.17. The summed E-state index contributed by atoms with van der Waals surface area (Å²) in [6.07, 6.45) is 7.40. The molecule has 1 aliphatic rings. The number of aliphatic hydroxyl groups is 1. The summed E-state index contributed by atoms with van der Waals surface area (Å²) in [4.78, 5) is 22.7. The second kappa shape index (κ2) is 20.1. The number of allylic oxidation sites excluding steroid dienone is 5. The second-order valence-electron chi connectivity index (χ2n) is 23.3. The largest absolute Gasteiger partial charge is 0.512 e. The fourth-order valence-corrected chi connectivity index (χ4v) is 10.6. The second-order valence-corrected chi connectivity index (χ2v) is 23.3. The predicted octanol–water partition coefficient (Wildman–Crippen LogP) is 18.2. The van der Waals surface area contributed by atoms with Crippen molar-refractivity contribution in [2.75, 3.05) is 0 Å². The summed E-state index contributed by atoms with van der Waals surface area (Å²) in [5.74, 6) is 0.00336. The molecule has 0 saturated heterocycles. The van der Waals surface area contributed by atoms with Gasteiger partial charge in [-0.25, -0.2) is 0 Å². The highest BCUT2D eigenvalue weighted by Gasteiger charge is 2.41. The molecule has 1 aromatic heterocycles. The van der Waals surface area contributed by atoms with E-state index in [1.54, 1.807) is 0 Å². The van der Waals surface area contributed by atoms with E-state index in [1.165, 1.54) is 22.8 Å². The number of nitrogens with zero attached hydrogens (tertiary/aromatic N) is 2. The van der Waals surface area contributed by atoms with Gasteiger partial charge in [0, 0.05) is 35.2 Å². The molecule has 0 amide bonds. The normalized spacial score (nSPS) is 14.9. The van der Waals surface area contributed by atoms with E-state index in [4.69, 9.17) is 4.98 Å². The minimum Gasteiger partial charge on any atom is -0.512 e. The van der Waals surface area contributed by atoms with E-state index in [0.29, 0.717) is 6.42 Å². The lowest BCUT2D eigenvalue weighted by atomic mass is 9.82. The summed E-state index contributed by atoms with van der Waals surface area (Å²) >= 11 is 0. The lowest BCUT2D eigenvalue weighted by Gasteiger charge is -2.22. The Morgan fingerprint density at radius 1 is 0.639 bits per heavy atom. The number of aromatic nitrogens is 1. The number of carbonyl (C=O) groups is 1. The first-order valence-electron chi connectivity index (χ1n) is 25.5. The molecule has 0 bridgehead atoms. The van der Waals surface area contributed by atoms with E-state index in [1.807, 2.05) is 33.0 Å². The van der Waals surface area contributed by atoms with Gasteiger partial charge in [-0.15, -0.1) is 0 Å². The maximum atomic E-state index is 13.3. The third-order valence-corrected chi connectivity index (χ3v) is 14.7. The van der Waals surface area contributed by atoms with Crippen LogP contribution in [-0.4, -0.2) is 22.6 Å². The molecule has 0 fully saturated rings. The number of aryl methyl sites for hydroxylation is 1. The molecule has 1 N–H and O–H groups in total. The molecule has 6 aromatic carbocycles. The summed E-state index contributed by atoms with van der Waals surface area (Å²) in [6.45, 7) is 30.2. The van der Waals surface area contributed by atoms with Crippen LogP contribution < -0.4 is 0 Å². The van der Waals surface area contributed by atoms with Crippen molar-refractivity contribution in [1.29, 1.82) is 0 Å². The number of carbonyl (C=O) groups excluding carboxylic acids is 1. The first-order valence-corrected chi connectivity index (χ1v) is 25.5. The fourth-order valence-electron chi connectivity index (χ4n) is 10.6. The number of hydrogen-bond acceptors (Lipinski definition) is 4. The van der Waals surface area contributed by atoms with Gasteiger partial charge in [0.05, 0.1) is 11.4 Å². The van der Waals surface area contributed by atoms with Crippen LogP contribution in [0.2, 0.25) is 0 Å². The van der Waals surface area contributed by atoms with Crippen LogP contribution in [0.3, 0.4) is 0 Å². The van der Waals surface area contributed by atoms with Gasteiger partial charge in [0.15, 0.2) is 5.78 Å². The third-order valence-electron chi connectivity index (χ3n) is 14.7. The van der Waals surface area contributed by atoms with E-state index >= 15 is 0 Å². The highest BCUT2D eigenvalue weighted by molar-refractivity contribution is 5.93. The van der Waals surface area contributed by atoms with Crippen molar-refractivity contribution in [2.24, 2.45) is 10.4 Å². The lowest BCUT2D eigenvalue weighted by molar-refractivity contribution is -0.114. The standard InChI is InChI=1S/C68H72N2O2/c1-44(36-62(69-13)49-31-33-60-61(40-49)68(11,12)43-67(60,9)10)45(2)55-21-16-17-24-58(55)51-37-50(56-22-15-14-20-46(56)30-32-54(71)42-64(72)66(6,7)8)38-52(39-51)59-25-19-18-23-57(59)47-26-28-48(29-27-47)63-41-53(34-35-70-63)65(3,4)5/h14-29,31,33-42,72H,13,30,32,43H2,1-12H3/b45-44+,62-36-,64-42-.